The molecule has 3 atom stereocenters. The normalized spacial score (nSPS) is 17.1. The number of hydrogen-bond donors (Lipinski definition) is 8. The van der Waals surface area contributed by atoms with Crippen LogP contribution in [0.25, 0.3) is 0 Å². The molecule has 4 aliphatic carbocycles. The number of aromatic nitrogens is 4. The number of fused-ring (bicyclic) bond motifs is 3. The number of pyridine rings is 3. The summed E-state index contributed by atoms with van der Waals surface area (Å²) in [6.07, 6.45) is 13.2. The van der Waals surface area contributed by atoms with E-state index in [1.807, 2.05) is 27.7 Å². The van der Waals surface area contributed by atoms with Crippen LogP contribution < -0.4 is 30.6 Å². The van der Waals surface area contributed by atoms with Gasteiger partial charge in [0.15, 0.2) is 24.1 Å². The summed E-state index contributed by atoms with van der Waals surface area (Å²) in [7, 11) is 0. The van der Waals surface area contributed by atoms with E-state index >= 15 is 0 Å². The van der Waals surface area contributed by atoms with Crippen LogP contribution in [-0.2, 0) is 28.9 Å². The predicted molar refractivity (Wildman–Crippen MR) is 290 cm³/mol. The van der Waals surface area contributed by atoms with E-state index in [1.54, 1.807) is 36.5 Å². The SMILES string of the molecule is CC1CC(=O)CC(=O)C1.CC1CC(=O)c2c(C(=O)Nc3ccc(OCCO)nc3)coc2C1.CC1CC(=O)c2c(C(=O)Nc3ccc(OCO)nc3)c[nH]c2C1.CC1CC(=O)c2c(C(=O)O)coc2C1.Nc1ccc(OCCO)nc1. The maximum absolute atomic E-state index is 12.4. The highest BCUT2D eigenvalue weighted by atomic mass is 16.6. The number of ether oxygens (including phenoxy) is 3. The predicted octanol–water partition coefficient (Wildman–Crippen LogP) is 6.54. The highest BCUT2D eigenvalue weighted by molar-refractivity contribution is 6.14. The minimum Gasteiger partial charge on any atom is -0.478 e. The van der Waals surface area contributed by atoms with E-state index in [0.717, 1.165) is 18.4 Å². The molecule has 1 saturated carbocycles. The van der Waals surface area contributed by atoms with Gasteiger partial charge in [-0.3, -0.25) is 33.6 Å². The number of rotatable bonds is 13. The molecule has 3 unspecified atom stereocenters. The molecular formula is C57H65N7O17. The van der Waals surface area contributed by atoms with E-state index in [-0.39, 0.29) is 108 Å². The quantitative estimate of drug-likeness (QED) is 0.0449. The van der Waals surface area contributed by atoms with Gasteiger partial charge in [-0.2, -0.15) is 0 Å². The Morgan fingerprint density at radius 2 is 1.02 bits per heavy atom. The number of nitrogens with zero attached hydrogens (tertiary/aromatic N) is 3. The lowest BCUT2D eigenvalue weighted by Crippen LogP contribution is -2.21. The Kier molecular flexibility index (Phi) is 22.2. The zero-order valence-corrected chi connectivity index (χ0v) is 45.2. The Morgan fingerprint density at radius 3 is 1.48 bits per heavy atom. The zero-order chi connectivity index (χ0) is 58.8. The van der Waals surface area contributed by atoms with Gasteiger partial charge < -0.3 is 64.8 Å². The minimum atomic E-state index is -1.10. The van der Waals surface area contributed by atoms with Gasteiger partial charge in [0, 0.05) is 75.0 Å². The zero-order valence-electron chi connectivity index (χ0n) is 45.2. The van der Waals surface area contributed by atoms with Crippen LogP contribution in [-0.4, -0.2) is 120 Å². The molecule has 81 heavy (non-hydrogen) atoms. The van der Waals surface area contributed by atoms with Crippen molar-refractivity contribution in [3.8, 4) is 17.6 Å². The Labute approximate surface area is 464 Å². The molecular weight excluding hydrogens is 1050 g/mol. The van der Waals surface area contributed by atoms with Crippen LogP contribution in [0.4, 0.5) is 17.1 Å². The Hall–Kier alpha value is -8.87. The summed E-state index contributed by atoms with van der Waals surface area (Å²) in [4.78, 5) is 108. The van der Waals surface area contributed by atoms with Gasteiger partial charge in [0.25, 0.3) is 11.8 Å². The van der Waals surface area contributed by atoms with Gasteiger partial charge >= 0.3 is 5.97 Å². The fourth-order valence-electron chi connectivity index (χ4n) is 9.14. The van der Waals surface area contributed by atoms with Crippen LogP contribution in [0, 0.1) is 23.7 Å². The third kappa shape index (κ3) is 17.6. The molecule has 10 rings (SSSR count). The van der Waals surface area contributed by atoms with Gasteiger partial charge in [0.2, 0.25) is 17.6 Å². The maximum Gasteiger partial charge on any atom is 0.339 e. The van der Waals surface area contributed by atoms with Gasteiger partial charge in [0.1, 0.15) is 54.4 Å². The number of carbonyl (C=O) groups excluding carboxylic acids is 7. The van der Waals surface area contributed by atoms with Crippen molar-refractivity contribution in [2.75, 3.05) is 49.6 Å². The van der Waals surface area contributed by atoms with Crippen molar-refractivity contribution in [3.05, 3.63) is 124 Å². The molecule has 1 fully saturated rings. The molecule has 6 aromatic rings. The van der Waals surface area contributed by atoms with Gasteiger partial charge in [-0.1, -0.05) is 27.7 Å². The van der Waals surface area contributed by atoms with Crippen LogP contribution in [0.2, 0.25) is 0 Å². The summed E-state index contributed by atoms with van der Waals surface area (Å²) in [6, 6.07) is 9.71. The first kappa shape index (κ1) is 61.3. The summed E-state index contributed by atoms with van der Waals surface area (Å²) in [5.41, 5.74) is 9.52. The van der Waals surface area contributed by atoms with E-state index in [0.29, 0.717) is 108 Å². The molecule has 430 valence electrons. The molecule has 0 aromatic carbocycles. The number of nitrogen functional groups attached to an aromatic ring is 1. The number of hydrogen-bond acceptors (Lipinski definition) is 20. The highest BCUT2D eigenvalue weighted by Gasteiger charge is 2.33. The number of nitrogens with two attached hydrogens (primary N) is 1. The topological polar surface area (TPSA) is 376 Å². The first-order chi connectivity index (χ1) is 38.8. The summed E-state index contributed by atoms with van der Waals surface area (Å²) >= 11 is 0. The van der Waals surface area contributed by atoms with Crippen molar-refractivity contribution in [1.82, 2.24) is 19.9 Å². The molecule has 0 aliphatic heterocycles. The first-order valence-electron chi connectivity index (χ1n) is 26.0. The van der Waals surface area contributed by atoms with Crippen LogP contribution >= 0.6 is 0 Å². The number of aromatic carboxylic acids is 1. The van der Waals surface area contributed by atoms with Gasteiger partial charge in [-0.25, -0.2) is 19.7 Å². The molecule has 0 spiro atoms. The minimum absolute atomic E-state index is 0.00287. The lowest BCUT2D eigenvalue weighted by molar-refractivity contribution is -0.131. The number of H-pyrrole nitrogens is 1. The molecule has 6 aromatic heterocycles. The lowest BCUT2D eigenvalue weighted by Gasteiger charge is -2.17. The average molecular weight is 1120 g/mol. The van der Waals surface area contributed by atoms with Crippen LogP contribution in [0.1, 0.15) is 146 Å². The molecule has 0 bridgehead atoms. The number of carboxylic acids is 1. The molecule has 24 nitrogen and oxygen atoms in total. The summed E-state index contributed by atoms with van der Waals surface area (Å²) in [5, 5.41) is 39.9. The van der Waals surface area contributed by atoms with Crippen molar-refractivity contribution in [2.45, 2.75) is 85.5 Å². The third-order valence-corrected chi connectivity index (χ3v) is 12.7. The highest BCUT2D eigenvalue weighted by Crippen LogP contribution is 2.32. The number of ketones is 5. The Bertz CT molecular complexity index is 3150. The van der Waals surface area contributed by atoms with Crippen LogP contribution in [0.5, 0.6) is 17.6 Å². The molecule has 6 heterocycles. The average Bonchev–Trinajstić information content (AvgIpc) is 4.18. The molecule has 24 heteroatoms. The van der Waals surface area contributed by atoms with E-state index in [2.05, 4.69) is 30.6 Å². The van der Waals surface area contributed by atoms with E-state index in [4.69, 9.17) is 49.2 Å². The summed E-state index contributed by atoms with van der Waals surface area (Å²) in [5.74, 6) is 1.40. The second-order valence-corrected chi connectivity index (χ2v) is 19.9. The maximum atomic E-state index is 12.4. The smallest absolute Gasteiger partial charge is 0.339 e. The van der Waals surface area contributed by atoms with Crippen molar-refractivity contribution < 1.29 is 81.8 Å². The van der Waals surface area contributed by atoms with Crippen molar-refractivity contribution in [3.63, 3.8) is 0 Å². The molecule has 2 amide bonds. The van der Waals surface area contributed by atoms with E-state index < -0.39 is 18.7 Å². The standard InChI is InChI=1S/C17H18N2O5.C16H17N3O4.C10H10O4.C7H10N2O2.C7H10O2/c1-10-6-13(21)16-12(9-24-14(16)7-10)17(22)19-11-2-3-15(18-8-11)23-5-4-20;1-9-4-12-15(13(21)5-9)11(7-17-12)16(22)19-10-2-3-14(18-6-10)23-8-20;1-5-2-7(11)9-6(10(12)13)4-14-8(9)3-5;8-6-1-2-7(9-5-6)11-4-3-10;1-5-2-6(8)4-7(9)3-5/h2-3,8-10,20H,4-7H2,1H3,(H,19,22);2-3,6-7,9,17,20H,4-5,8H2,1H3,(H,19,22);4-5H,2-3H2,1H3,(H,12,13);1-2,5,10H,3-4,8H2;5H,2-4H2,1H3. The van der Waals surface area contributed by atoms with Gasteiger partial charge in [0.05, 0.1) is 83.1 Å². The van der Waals surface area contributed by atoms with E-state index in [9.17, 15) is 38.4 Å². The number of amides is 2. The first-order valence-corrected chi connectivity index (χ1v) is 26.0. The third-order valence-electron chi connectivity index (χ3n) is 12.7. The van der Waals surface area contributed by atoms with Crippen LogP contribution in [0.15, 0.2) is 82.5 Å². The molecule has 4 aliphatic rings. The largest absolute Gasteiger partial charge is 0.478 e. The molecule has 0 saturated heterocycles. The molecule has 9 N–H and O–H groups in total. The number of anilines is 3. The number of aliphatic hydroxyl groups excluding tert-OH is 3. The fraction of sp³-hybridized carbons (Fsp3) is 0.386. The number of carboxylic acid groups (broad SMARTS) is 1. The number of aromatic amines is 1. The number of furan rings is 2. The lowest BCUT2D eigenvalue weighted by atomic mass is 9.86. The van der Waals surface area contributed by atoms with E-state index in [1.165, 1.54) is 30.9 Å². The van der Waals surface area contributed by atoms with Crippen molar-refractivity contribution in [2.24, 2.45) is 23.7 Å². The van der Waals surface area contributed by atoms with Crippen molar-refractivity contribution in [1.29, 1.82) is 0 Å². The number of carbonyl (C=O) groups is 8. The number of Topliss-reactive ketones (excluding diaryl/α,β-unsaturated/α-hetero) is 5. The Balaban J connectivity index is 0.000000171. The van der Waals surface area contributed by atoms with Gasteiger partial charge in [-0.05, 0) is 48.3 Å². The fourth-order valence-corrected chi connectivity index (χ4v) is 9.14. The number of aliphatic hydroxyl groups is 3. The Morgan fingerprint density at radius 1 is 0.580 bits per heavy atom. The summed E-state index contributed by atoms with van der Waals surface area (Å²) < 4.78 is 25.5. The van der Waals surface area contributed by atoms with Crippen LogP contribution in [0.3, 0.4) is 0 Å². The molecule has 0 radical (unpaired) electrons. The summed E-state index contributed by atoms with van der Waals surface area (Å²) in [6.45, 7) is 7.73. The monoisotopic (exact) mass is 1120 g/mol. The second-order valence-electron chi connectivity index (χ2n) is 19.9. The number of nitrogens with one attached hydrogen (secondary N) is 3. The second kappa shape index (κ2) is 29.4. The van der Waals surface area contributed by atoms with Gasteiger partial charge in [-0.15, -0.1) is 0 Å². The van der Waals surface area contributed by atoms with Crippen molar-refractivity contribution >= 4 is 63.8 Å².